The Morgan fingerprint density at radius 1 is 1.08 bits per heavy atom. The number of fused-ring (bicyclic) bond motifs is 1. The first-order chi connectivity index (χ1) is 11.7. The average Bonchev–Trinajstić information content (AvgIpc) is 3.23. The zero-order valence-corrected chi connectivity index (χ0v) is 12.9. The molecule has 0 aliphatic carbocycles. The van der Waals surface area contributed by atoms with Crippen LogP contribution in [0.15, 0.2) is 46.9 Å². The number of amides is 1. The lowest BCUT2D eigenvalue weighted by molar-refractivity contribution is 0.102. The molecule has 0 unspecified atom stereocenters. The molecule has 0 saturated carbocycles. The Hall–Kier alpha value is -3.06. The van der Waals surface area contributed by atoms with Crippen LogP contribution in [0, 0.1) is 0 Å². The Balaban J connectivity index is 1.53. The Bertz CT molecular complexity index is 925. The quantitative estimate of drug-likeness (QED) is 0.784. The predicted octanol–water partition coefficient (Wildman–Crippen LogP) is 3.37. The topological polar surface area (TPSA) is 86.5 Å². The number of benzene rings is 2. The van der Waals surface area contributed by atoms with E-state index in [4.69, 9.17) is 25.5 Å². The van der Waals surface area contributed by atoms with Gasteiger partial charge in [0.05, 0.1) is 0 Å². The SMILES string of the molecule is O=C(Nc1nnc(-c2ccc3c(c2)OCO3)o1)c1cccc(Cl)c1. The van der Waals surface area contributed by atoms with E-state index >= 15 is 0 Å². The van der Waals surface area contributed by atoms with Gasteiger partial charge in [0.2, 0.25) is 12.7 Å². The minimum atomic E-state index is -0.390. The van der Waals surface area contributed by atoms with Gasteiger partial charge in [0, 0.05) is 16.1 Å². The summed E-state index contributed by atoms with van der Waals surface area (Å²) in [5, 5.41) is 10.7. The molecular weight excluding hydrogens is 334 g/mol. The summed E-state index contributed by atoms with van der Waals surface area (Å²) in [7, 11) is 0. The summed E-state index contributed by atoms with van der Waals surface area (Å²) in [6.45, 7) is 0.184. The van der Waals surface area contributed by atoms with E-state index in [1.54, 1.807) is 42.5 Å². The van der Waals surface area contributed by atoms with Gasteiger partial charge in [-0.1, -0.05) is 22.8 Å². The van der Waals surface area contributed by atoms with Gasteiger partial charge in [-0.15, -0.1) is 5.10 Å². The lowest BCUT2D eigenvalue weighted by atomic mass is 10.2. The maximum Gasteiger partial charge on any atom is 0.322 e. The second-order valence-electron chi connectivity index (χ2n) is 4.94. The van der Waals surface area contributed by atoms with Crippen LogP contribution in [-0.4, -0.2) is 22.9 Å². The van der Waals surface area contributed by atoms with Crippen LogP contribution in [0.2, 0.25) is 5.02 Å². The summed E-state index contributed by atoms with van der Waals surface area (Å²) in [6, 6.07) is 11.8. The fourth-order valence-corrected chi connectivity index (χ4v) is 2.41. The second kappa shape index (κ2) is 5.86. The molecule has 2 heterocycles. The number of nitrogens with one attached hydrogen (secondary N) is 1. The van der Waals surface area contributed by atoms with Gasteiger partial charge >= 0.3 is 6.01 Å². The number of halogens is 1. The van der Waals surface area contributed by atoms with E-state index in [0.29, 0.717) is 27.6 Å². The summed E-state index contributed by atoms with van der Waals surface area (Å²) in [4.78, 5) is 12.1. The largest absolute Gasteiger partial charge is 0.454 e. The van der Waals surface area contributed by atoms with Crippen LogP contribution >= 0.6 is 11.6 Å². The van der Waals surface area contributed by atoms with Crippen molar-refractivity contribution in [3.8, 4) is 23.0 Å². The average molecular weight is 344 g/mol. The van der Waals surface area contributed by atoms with Crippen LogP contribution < -0.4 is 14.8 Å². The molecule has 4 rings (SSSR count). The van der Waals surface area contributed by atoms with Crippen molar-refractivity contribution >= 4 is 23.5 Å². The van der Waals surface area contributed by atoms with Gasteiger partial charge in [0.15, 0.2) is 11.5 Å². The predicted molar refractivity (Wildman–Crippen MR) is 85.3 cm³/mol. The molecule has 24 heavy (non-hydrogen) atoms. The minimum Gasteiger partial charge on any atom is -0.454 e. The first-order valence-corrected chi connectivity index (χ1v) is 7.37. The molecular formula is C16H10ClN3O4. The maximum atomic E-state index is 12.1. The molecule has 0 bridgehead atoms. The highest BCUT2D eigenvalue weighted by Crippen LogP contribution is 2.35. The normalized spacial score (nSPS) is 12.2. The van der Waals surface area contributed by atoms with Crippen LogP contribution in [-0.2, 0) is 0 Å². The third-order valence-corrected chi connectivity index (χ3v) is 3.59. The Kier molecular flexibility index (Phi) is 3.55. The molecule has 7 nitrogen and oxygen atoms in total. The van der Waals surface area contributed by atoms with Crippen LogP contribution in [0.4, 0.5) is 6.01 Å². The summed E-state index contributed by atoms with van der Waals surface area (Å²) in [5.74, 6) is 1.14. The monoisotopic (exact) mass is 343 g/mol. The molecule has 1 amide bonds. The Morgan fingerprint density at radius 3 is 2.83 bits per heavy atom. The zero-order chi connectivity index (χ0) is 16.5. The van der Waals surface area contributed by atoms with E-state index in [1.807, 2.05) is 0 Å². The first-order valence-electron chi connectivity index (χ1n) is 6.99. The Labute approximate surface area is 141 Å². The maximum absolute atomic E-state index is 12.1. The van der Waals surface area contributed by atoms with Gasteiger partial charge in [-0.2, -0.15) is 0 Å². The molecule has 8 heteroatoms. The number of hydrogen-bond acceptors (Lipinski definition) is 6. The molecule has 0 fully saturated rings. The second-order valence-corrected chi connectivity index (χ2v) is 5.38. The fourth-order valence-electron chi connectivity index (χ4n) is 2.22. The minimum absolute atomic E-state index is 0.00681. The van der Waals surface area contributed by atoms with Gasteiger partial charge < -0.3 is 13.9 Å². The molecule has 3 aromatic rings. The number of hydrogen-bond donors (Lipinski definition) is 1. The van der Waals surface area contributed by atoms with Crippen LogP contribution in [0.25, 0.3) is 11.5 Å². The van der Waals surface area contributed by atoms with Crippen molar-refractivity contribution in [2.45, 2.75) is 0 Å². The molecule has 1 N–H and O–H groups in total. The van der Waals surface area contributed by atoms with E-state index in [2.05, 4.69) is 15.5 Å². The Morgan fingerprint density at radius 2 is 1.96 bits per heavy atom. The zero-order valence-electron chi connectivity index (χ0n) is 12.2. The molecule has 1 aliphatic rings. The highest BCUT2D eigenvalue weighted by atomic mass is 35.5. The molecule has 0 saturated heterocycles. The highest BCUT2D eigenvalue weighted by Gasteiger charge is 2.17. The number of carbonyl (C=O) groups is 1. The van der Waals surface area contributed by atoms with Gasteiger partial charge in [0.25, 0.3) is 5.91 Å². The van der Waals surface area contributed by atoms with Crippen LogP contribution in [0.3, 0.4) is 0 Å². The van der Waals surface area contributed by atoms with Crippen molar-refractivity contribution in [3.63, 3.8) is 0 Å². The first kappa shape index (κ1) is 14.5. The third kappa shape index (κ3) is 2.77. The van der Waals surface area contributed by atoms with E-state index in [0.717, 1.165) is 0 Å². The van der Waals surface area contributed by atoms with Crippen molar-refractivity contribution in [1.82, 2.24) is 10.2 Å². The van der Waals surface area contributed by atoms with E-state index < -0.39 is 5.91 Å². The smallest absolute Gasteiger partial charge is 0.322 e. The number of anilines is 1. The van der Waals surface area contributed by atoms with Gasteiger partial charge in [-0.05, 0) is 36.4 Å². The number of ether oxygens (including phenoxy) is 2. The van der Waals surface area contributed by atoms with E-state index in [1.165, 1.54) is 0 Å². The van der Waals surface area contributed by atoms with Crippen molar-refractivity contribution in [1.29, 1.82) is 0 Å². The molecule has 120 valence electrons. The standard InChI is InChI=1S/C16H10ClN3O4/c17-11-3-1-2-9(6-11)14(21)18-16-20-19-15(24-16)10-4-5-12-13(7-10)23-8-22-12/h1-7H,8H2,(H,18,20,21). The molecule has 1 aromatic heterocycles. The van der Waals surface area contributed by atoms with Gasteiger partial charge in [-0.25, -0.2) is 0 Å². The fraction of sp³-hybridized carbons (Fsp3) is 0.0625. The van der Waals surface area contributed by atoms with Crippen LogP contribution in [0.1, 0.15) is 10.4 Å². The molecule has 2 aromatic carbocycles. The lowest BCUT2D eigenvalue weighted by Crippen LogP contribution is -2.11. The number of aromatic nitrogens is 2. The van der Waals surface area contributed by atoms with Crippen molar-refractivity contribution < 1.29 is 18.7 Å². The van der Waals surface area contributed by atoms with Crippen molar-refractivity contribution in [2.24, 2.45) is 0 Å². The summed E-state index contributed by atoms with van der Waals surface area (Å²) in [5.41, 5.74) is 1.06. The van der Waals surface area contributed by atoms with Crippen molar-refractivity contribution in [2.75, 3.05) is 12.1 Å². The number of rotatable bonds is 3. The van der Waals surface area contributed by atoms with Crippen molar-refractivity contribution in [3.05, 3.63) is 53.1 Å². The van der Waals surface area contributed by atoms with E-state index in [9.17, 15) is 4.79 Å². The molecule has 0 radical (unpaired) electrons. The van der Waals surface area contributed by atoms with Gasteiger partial charge in [-0.3, -0.25) is 10.1 Å². The lowest BCUT2D eigenvalue weighted by Gasteiger charge is -2.01. The molecule has 0 atom stereocenters. The summed E-state index contributed by atoms with van der Waals surface area (Å²) in [6.07, 6.45) is 0. The van der Waals surface area contributed by atoms with Crippen LogP contribution in [0.5, 0.6) is 11.5 Å². The number of nitrogens with zero attached hydrogens (tertiary/aromatic N) is 2. The highest BCUT2D eigenvalue weighted by molar-refractivity contribution is 6.31. The number of carbonyl (C=O) groups excluding carboxylic acids is 1. The summed E-state index contributed by atoms with van der Waals surface area (Å²) >= 11 is 5.87. The molecule has 0 spiro atoms. The third-order valence-electron chi connectivity index (χ3n) is 3.35. The van der Waals surface area contributed by atoms with E-state index in [-0.39, 0.29) is 18.7 Å². The molecule has 1 aliphatic heterocycles. The van der Waals surface area contributed by atoms with Gasteiger partial charge in [0.1, 0.15) is 0 Å². The summed E-state index contributed by atoms with van der Waals surface area (Å²) < 4.78 is 16.0.